The van der Waals surface area contributed by atoms with Gasteiger partial charge in [-0.15, -0.1) is 23.2 Å². The number of nitrogens with one attached hydrogen (secondary N) is 1. The van der Waals surface area contributed by atoms with E-state index in [1.165, 1.54) is 0 Å². The molecule has 10 heteroatoms. The smallest absolute Gasteiger partial charge is 0.254 e. The molecule has 1 aromatic rings. The highest BCUT2D eigenvalue weighted by molar-refractivity contribution is 9.09. The van der Waals surface area contributed by atoms with Crippen LogP contribution in [0, 0.1) is 31.6 Å². The second kappa shape index (κ2) is 7.30. The number of rotatable bonds is 2. The molecule has 1 saturated carbocycles. The van der Waals surface area contributed by atoms with Crippen LogP contribution in [0.5, 0.6) is 5.75 Å². The maximum atomic E-state index is 13.6. The minimum absolute atomic E-state index is 0.0353. The van der Waals surface area contributed by atoms with Crippen LogP contribution in [0.15, 0.2) is 23.8 Å². The number of aryl methyl sites for hydroxylation is 2. The highest BCUT2D eigenvalue weighted by Crippen LogP contribution is 2.65. The second-order valence-corrected chi connectivity index (χ2v) is 11.1. The summed E-state index contributed by atoms with van der Waals surface area (Å²) in [5.74, 6) is -4.42. The summed E-state index contributed by atoms with van der Waals surface area (Å²) in [7, 11) is 0. The maximum Gasteiger partial charge on any atom is 0.254 e. The van der Waals surface area contributed by atoms with Gasteiger partial charge < -0.3 is 5.11 Å². The molecule has 0 spiro atoms. The van der Waals surface area contributed by atoms with Crippen molar-refractivity contribution in [1.29, 1.82) is 0 Å². The molecule has 2 heterocycles. The number of hydrogen-bond donors (Lipinski definition) is 2. The number of alkyl halides is 3. The Hall–Kier alpha value is -1.90. The van der Waals surface area contributed by atoms with E-state index in [0.29, 0.717) is 23.1 Å². The van der Waals surface area contributed by atoms with Gasteiger partial charge in [-0.25, -0.2) is 0 Å². The Morgan fingerprint density at radius 2 is 1.73 bits per heavy atom. The SMILES string of the molecule is Cc1cc([C@H]2C3=CC[C@@H]4C(=O)NC(=O)[C@@H]4[C@@H]3C[C@@]3(Cl)C(=O)N(CBr)C(=O)[C@@]23Cl)cc(C)c1O. The van der Waals surface area contributed by atoms with Gasteiger partial charge in [-0.3, -0.25) is 29.4 Å². The van der Waals surface area contributed by atoms with E-state index < -0.39 is 51.1 Å². The first kappa shape index (κ1) is 22.9. The Morgan fingerprint density at radius 1 is 1.09 bits per heavy atom. The Morgan fingerprint density at radius 3 is 2.33 bits per heavy atom. The molecular formula is C23H21BrCl2N2O5. The van der Waals surface area contributed by atoms with Gasteiger partial charge in [0.2, 0.25) is 11.8 Å². The number of allylic oxidation sites excluding steroid dienone is 2. The molecule has 2 N–H and O–H groups in total. The fraction of sp³-hybridized carbons (Fsp3) is 0.478. The fourth-order valence-electron chi connectivity index (χ4n) is 6.19. The largest absolute Gasteiger partial charge is 0.507 e. The van der Waals surface area contributed by atoms with Crippen molar-refractivity contribution in [3.05, 3.63) is 40.5 Å². The number of amides is 4. The molecule has 4 aliphatic rings. The van der Waals surface area contributed by atoms with Gasteiger partial charge in [0.1, 0.15) is 5.75 Å². The number of nitrogens with zero attached hydrogens (tertiary/aromatic N) is 1. The van der Waals surface area contributed by atoms with Crippen LogP contribution in [0.25, 0.3) is 0 Å². The first-order chi connectivity index (χ1) is 15.5. The molecule has 174 valence electrons. The lowest BCUT2D eigenvalue weighted by Gasteiger charge is -2.50. The predicted molar refractivity (Wildman–Crippen MR) is 124 cm³/mol. The Labute approximate surface area is 208 Å². The van der Waals surface area contributed by atoms with E-state index in [0.717, 1.165) is 10.5 Å². The lowest BCUT2D eigenvalue weighted by atomic mass is 9.56. The first-order valence-electron chi connectivity index (χ1n) is 10.6. The fourth-order valence-corrected chi connectivity index (χ4v) is 7.62. The van der Waals surface area contributed by atoms with Crippen LogP contribution in [0.4, 0.5) is 0 Å². The molecule has 0 unspecified atom stereocenters. The summed E-state index contributed by atoms with van der Waals surface area (Å²) in [5, 5.41) is 12.7. The number of fused-ring (bicyclic) bond motifs is 4. The van der Waals surface area contributed by atoms with Crippen LogP contribution in [0.3, 0.4) is 0 Å². The van der Waals surface area contributed by atoms with E-state index in [1.807, 2.05) is 6.08 Å². The van der Waals surface area contributed by atoms with Gasteiger partial charge in [0.05, 0.1) is 17.3 Å². The van der Waals surface area contributed by atoms with Gasteiger partial charge in [-0.05, 0) is 49.3 Å². The number of imide groups is 2. The molecule has 5 rings (SSSR count). The molecule has 7 nitrogen and oxygen atoms in total. The molecule has 1 aromatic carbocycles. The molecule has 2 saturated heterocycles. The Balaban J connectivity index is 1.78. The van der Waals surface area contributed by atoms with Crippen LogP contribution in [-0.4, -0.2) is 48.8 Å². The number of halogens is 3. The zero-order chi connectivity index (χ0) is 24.0. The van der Waals surface area contributed by atoms with E-state index >= 15 is 0 Å². The summed E-state index contributed by atoms with van der Waals surface area (Å²) in [6.45, 7) is 3.48. The summed E-state index contributed by atoms with van der Waals surface area (Å²) >= 11 is 17.4. The van der Waals surface area contributed by atoms with Crippen molar-refractivity contribution in [3.8, 4) is 5.75 Å². The second-order valence-electron chi connectivity index (χ2n) is 9.34. The summed E-state index contributed by atoms with van der Waals surface area (Å²) in [6, 6.07) is 3.47. The van der Waals surface area contributed by atoms with Crippen molar-refractivity contribution in [2.75, 3.05) is 5.45 Å². The number of carbonyl (C=O) groups is 4. The number of likely N-dealkylation sites (tertiary alicyclic amines) is 1. The molecule has 0 aromatic heterocycles. The van der Waals surface area contributed by atoms with E-state index in [2.05, 4.69) is 21.2 Å². The summed E-state index contributed by atoms with van der Waals surface area (Å²) in [6.07, 6.45) is 2.17. The van der Waals surface area contributed by atoms with Crippen molar-refractivity contribution in [1.82, 2.24) is 10.2 Å². The molecule has 2 aliphatic heterocycles. The average molecular weight is 556 g/mol. The van der Waals surface area contributed by atoms with E-state index in [4.69, 9.17) is 23.2 Å². The van der Waals surface area contributed by atoms with E-state index in [9.17, 15) is 24.3 Å². The topological polar surface area (TPSA) is 104 Å². The van der Waals surface area contributed by atoms with Crippen LogP contribution >= 0.6 is 39.1 Å². The van der Waals surface area contributed by atoms with E-state index in [1.54, 1.807) is 26.0 Å². The quantitative estimate of drug-likeness (QED) is 0.253. The zero-order valence-electron chi connectivity index (χ0n) is 17.8. The number of benzene rings is 1. The molecule has 0 radical (unpaired) electrons. The minimum Gasteiger partial charge on any atom is -0.507 e. The molecule has 33 heavy (non-hydrogen) atoms. The molecular weight excluding hydrogens is 535 g/mol. The van der Waals surface area contributed by atoms with Gasteiger partial charge in [0, 0.05) is 5.92 Å². The zero-order valence-corrected chi connectivity index (χ0v) is 20.9. The number of aromatic hydroxyl groups is 1. The Bertz CT molecular complexity index is 1160. The number of carbonyl (C=O) groups excluding carboxylic acids is 4. The third kappa shape index (κ3) is 2.74. The monoisotopic (exact) mass is 554 g/mol. The normalized spacial score (nSPS) is 37.5. The highest BCUT2D eigenvalue weighted by Gasteiger charge is 2.76. The minimum atomic E-state index is -1.83. The molecule has 4 amide bonds. The Kier molecular flexibility index (Phi) is 5.06. The lowest BCUT2D eigenvalue weighted by Crippen LogP contribution is -2.60. The van der Waals surface area contributed by atoms with Gasteiger partial charge in [-0.1, -0.05) is 39.7 Å². The van der Waals surface area contributed by atoms with Gasteiger partial charge >= 0.3 is 0 Å². The van der Waals surface area contributed by atoms with Crippen LogP contribution < -0.4 is 5.32 Å². The average Bonchev–Trinajstić information content (AvgIpc) is 3.13. The van der Waals surface area contributed by atoms with Crippen LogP contribution in [-0.2, 0) is 19.2 Å². The third-order valence-corrected chi connectivity index (χ3v) is 9.62. The number of phenolic OH excluding ortho intramolecular Hbond substituents is 1. The predicted octanol–water partition coefficient (Wildman–Crippen LogP) is 3.01. The van der Waals surface area contributed by atoms with Crippen LogP contribution in [0.1, 0.15) is 35.4 Å². The molecule has 2 aliphatic carbocycles. The summed E-state index contributed by atoms with van der Waals surface area (Å²) in [5.41, 5.74) is 2.46. The summed E-state index contributed by atoms with van der Waals surface area (Å²) in [4.78, 5) is 49.5. The van der Waals surface area contributed by atoms with Crippen molar-refractivity contribution in [2.24, 2.45) is 17.8 Å². The molecule has 0 bridgehead atoms. The van der Waals surface area contributed by atoms with E-state index in [-0.39, 0.29) is 23.5 Å². The number of phenols is 1. The van der Waals surface area contributed by atoms with Crippen molar-refractivity contribution in [3.63, 3.8) is 0 Å². The lowest BCUT2D eigenvalue weighted by molar-refractivity contribution is -0.138. The third-order valence-electron chi connectivity index (χ3n) is 7.70. The van der Waals surface area contributed by atoms with Crippen molar-refractivity contribution in [2.45, 2.75) is 42.4 Å². The van der Waals surface area contributed by atoms with Crippen molar-refractivity contribution < 1.29 is 24.3 Å². The van der Waals surface area contributed by atoms with Crippen LogP contribution in [0.2, 0.25) is 0 Å². The maximum absolute atomic E-state index is 13.6. The van der Waals surface area contributed by atoms with Gasteiger partial charge in [0.15, 0.2) is 9.75 Å². The standard InChI is InChI=1S/C23H21BrCl2N2O5/c1-9-5-11(6-10(2)17(9)29)16-12-3-4-13-15(19(31)27-18(13)30)14(12)7-22(25)20(32)28(8-24)21(33)23(16,22)26/h3,5-6,13-16,29H,4,7-8H2,1-2H3,(H,27,30,31)/t13-,14+,15-,16-,22+,23-/m0/s1. The molecule has 6 atom stereocenters. The van der Waals surface area contributed by atoms with Crippen molar-refractivity contribution >= 4 is 62.8 Å². The molecule has 3 fully saturated rings. The van der Waals surface area contributed by atoms with Gasteiger partial charge in [-0.2, -0.15) is 0 Å². The first-order valence-corrected chi connectivity index (χ1v) is 12.5. The summed E-state index contributed by atoms with van der Waals surface area (Å²) < 4.78 is 0. The highest BCUT2D eigenvalue weighted by atomic mass is 79.9. The number of hydrogen-bond acceptors (Lipinski definition) is 5. The van der Waals surface area contributed by atoms with Gasteiger partial charge in [0.25, 0.3) is 11.8 Å².